The van der Waals surface area contributed by atoms with Crippen LogP contribution in [0, 0.1) is 22.9 Å². The van der Waals surface area contributed by atoms with Gasteiger partial charge < -0.3 is 15.0 Å². The Morgan fingerprint density at radius 3 is 2.48 bits per heavy atom. The third-order valence-corrected chi connectivity index (χ3v) is 8.94. The Morgan fingerprint density at radius 1 is 1.14 bits per heavy atom. The van der Waals surface area contributed by atoms with Crippen molar-refractivity contribution in [3.63, 3.8) is 0 Å². The molecule has 14 heteroatoms. The number of rotatable bonds is 14. The molecule has 0 aliphatic heterocycles. The van der Waals surface area contributed by atoms with Crippen LogP contribution in [-0.2, 0) is 26.2 Å². The summed E-state index contributed by atoms with van der Waals surface area (Å²) in [6.07, 6.45) is 1.51. The fourth-order valence-electron chi connectivity index (χ4n) is 4.37. The molecule has 0 radical (unpaired) electrons. The van der Waals surface area contributed by atoms with E-state index in [9.17, 15) is 32.5 Å². The fourth-order valence-corrected chi connectivity index (χ4v) is 5.98. The van der Waals surface area contributed by atoms with Gasteiger partial charge in [0.1, 0.15) is 24.2 Å². The molecule has 0 aliphatic rings. The lowest BCUT2D eigenvalue weighted by Crippen LogP contribution is -2.51. The predicted molar refractivity (Wildman–Crippen MR) is 165 cm³/mol. The van der Waals surface area contributed by atoms with Crippen LogP contribution in [-0.4, -0.2) is 56.3 Å². The summed E-state index contributed by atoms with van der Waals surface area (Å²) in [6, 6.07) is 12.1. The minimum atomic E-state index is -4.68. The number of carbonyl (C=O) groups is 2. The van der Waals surface area contributed by atoms with Gasteiger partial charge in [-0.25, -0.2) is 12.8 Å². The van der Waals surface area contributed by atoms with Gasteiger partial charge in [-0.3, -0.25) is 24.0 Å². The highest BCUT2D eigenvalue weighted by Gasteiger charge is 2.35. The molecule has 0 saturated heterocycles. The second kappa shape index (κ2) is 15.0. The quantitative estimate of drug-likeness (QED) is 0.143. The van der Waals surface area contributed by atoms with Gasteiger partial charge in [0.15, 0.2) is 0 Å². The Bertz CT molecular complexity index is 1640. The Balaban J connectivity index is 2.14. The first-order valence-corrected chi connectivity index (χ1v) is 15.6. The smallest absolute Gasteiger partial charge is 0.273 e. The van der Waals surface area contributed by atoms with E-state index in [2.05, 4.69) is 5.32 Å². The molecule has 0 fully saturated rings. The molecule has 44 heavy (non-hydrogen) atoms. The number of ether oxygens (including phenoxy) is 1. The molecule has 0 unspecified atom stereocenters. The second-order valence-electron chi connectivity index (χ2n) is 9.97. The van der Waals surface area contributed by atoms with E-state index in [0.717, 1.165) is 17.4 Å². The molecule has 0 aromatic heterocycles. The van der Waals surface area contributed by atoms with Crippen molar-refractivity contribution in [3.05, 3.63) is 92.7 Å². The number of nitrogens with zero attached hydrogens (tertiary/aromatic N) is 3. The first-order valence-electron chi connectivity index (χ1n) is 13.7. The summed E-state index contributed by atoms with van der Waals surface area (Å²) >= 11 is 6.22. The van der Waals surface area contributed by atoms with Crippen LogP contribution in [0.15, 0.2) is 65.6 Å². The van der Waals surface area contributed by atoms with Gasteiger partial charge in [-0.2, -0.15) is 0 Å². The number of hydrogen-bond acceptors (Lipinski definition) is 7. The molecule has 3 rings (SSSR count). The standard InChI is InChI=1S/C30H34ClFN4O7S/c1-5-6-15-33-30(38)21(3)34(18-22-9-7-8-10-25(22)32)29(37)19-35(27-16-23(31)12-14-28(27)43-4)44(41,42)24-13-11-20(2)26(17-24)36(39)40/h7-14,16-17,21H,5-6,15,18-19H2,1-4H3,(H,33,38)/t21-/m0/s1. The zero-order valence-electron chi connectivity index (χ0n) is 24.7. The van der Waals surface area contributed by atoms with Crippen LogP contribution < -0.4 is 14.4 Å². The minimum Gasteiger partial charge on any atom is -0.495 e. The highest BCUT2D eigenvalue weighted by molar-refractivity contribution is 7.92. The summed E-state index contributed by atoms with van der Waals surface area (Å²) in [7, 11) is -3.39. The van der Waals surface area contributed by atoms with Crippen LogP contribution in [0.25, 0.3) is 0 Å². The highest BCUT2D eigenvalue weighted by Crippen LogP contribution is 2.36. The van der Waals surface area contributed by atoms with E-state index in [1.807, 2.05) is 6.92 Å². The van der Waals surface area contributed by atoms with Gasteiger partial charge in [0.2, 0.25) is 11.8 Å². The summed E-state index contributed by atoms with van der Waals surface area (Å²) in [6.45, 7) is 4.01. The number of sulfonamides is 1. The van der Waals surface area contributed by atoms with Crippen molar-refractivity contribution in [2.24, 2.45) is 0 Å². The zero-order chi connectivity index (χ0) is 32.6. The third kappa shape index (κ3) is 8.03. The number of methoxy groups -OCH3 is 1. The Kier molecular flexibility index (Phi) is 11.7. The molecule has 1 N–H and O–H groups in total. The zero-order valence-corrected chi connectivity index (χ0v) is 26.3. The van der Waals surface area contributed by atoms with Crippen LogP contribution in [0.1, 0.15) is 37.8 Å². The molecular weight excluding hydrogens is 615 g/mol. The molecular formula is C30H34ClFN4O7S. The van der Waals surface area contributed by atoms with Gasteiger partial charge in [0.05, 0.1) is 22.6 Å². The van der Waals surface area contributed by atoms with Crippen LogP contribution >= 0.6 is 11.6 Å². The van der Waals surface area contributed by atoms with Crippen molar-refractivity contribution in [2.75, 3.05) is 24.5 Å². The van der Waals surface area contributed by atoms with Crippen LogP contribution in [0.2, 0.25) is 5.02 Å². The summed E-state index contributed by atoms with van der Waals surface area (Å²) in [5.41, 5.74) is -0.217. The lowest BCUT2D eigenvalue weighted by molar-refractivity contribution is -0.385. The number of amides is 2. The number of unbranched alkanes of at least 4 members (excludes halogenated alkanes) is 1. The van der Waals surface area contributed by atoms with Crippen molar-refractivity contribution in [1.82, 2.24) is 10.2 Å². The number of aryl methyl sites for hydroxylation is 1. The summed E-state index contributed by atoms with van der Waals surface area (Å²) in [5, 5.41) is 14.5. The number of benzene rings is 3. The van der Waals surface area contributed by atoms with Crippen molar-refractivity contribution >= 4 is 44.8 Å². The molecule has 3 aromatic rings. The van der Waals surface area contributed by atoms with E-state index in [0.29, 0.717) is 17.3 Å². The van der Waals surface area contributed by atoms with Crippen LogP contribution in [0.5, 0.6) is 5.75 Å². The summed E-state index contributed by atoms with van der Waals surface area (Å²) < 4.78 is 49.1. The Labute approximate surface area is 260 Å². The average Bonchev–Trinajstić information content (AvgIpc) is 2.98. The molecule has 3 aromatic carbocycles. The SMILES string of the molecule is CCCCNC(=O)[C@H](C)N(Cc1ccccc1F)C(=O)CN(c1cc(Cl)ccc1OC)S(=O)(=O)c1ccc(C)c([N+](=O)[O-])c1. The topological polar surface area (TPSA) is 139 Å². The van der Waals surface area contributed by atoms with Gasteiger partial charge in [-0.05, 0) is 50.6 Å². The monoisotopic (exact) mass is 648 g/mol. The van der Waals surface area contributed by atoms with Gasteiger partial charge in [0, 0.05) is 35.3 Å². The number of hydrogen-bond donors (Lipinski definition) is 1. The largest absolute Gasteiger partial charge is 0.495 e. The molecule has 236 valence electrons. The van der Waals surface area contributed by atoms with Gasteiger partial charge in [0.25, 0.3) is 15.7 Å². The number of nitro benzene ring substituents is 1. The maximum Gasteiger partial charge on any atom is 0.273 e. The van der Waals surface area contributed by atoms with Gasteiger partial charge >= 0.3 is 0 Å². The fraction of sp³-hybridized carbons (Fsp3) is 0.333. The number of nitro groups is 1. The number of halogens is 2. The molecule has 0 bridgehead atoms. The molecule has 2 amide bonds. The van der Waals surface area contributed by atoms with Crippen LogP contribution in [0.4, 0.5) is 15.8 Å². The number of anilines is 1. The van der Waals surface area contributed by atoms with Crippen molar-refractivity contribution in [3.8, 4) is 5.75 Å². The van der Waals surface area contributed by atoms with E-state index < -0.39 is 55.7 Å². The Morgan fingerprint density at radius 2 is 1.84 bits per heavy atom. The lowest BCUT2D eigenvalue weighted by Gasteiger charge is -2.32. The Hall–Kier alpha value is -4.23. The number of nitrogens with one attached hydrogen (secondary N) is 1. The first-order chi connectivity index (χ1) is 20.8. The molecule has 0 heterocycles. The molecule has 0 aliphatic carbocycles. The van der Waals surface area contributed by atoms with E-state index >= 15 is 0 Å². The molecule has 0 spiro atoms. The normalized spacial score (nSPS) is 11.9. The summed E-state index contributed by atoms with van der Waals surface area (Å²) in [4.78, 5) is 38.6. The first kappa shape index (κ1) is 34.3. The lowest BCUT2D eigenvalue weighted by atomic mass is 10.1. The third-order valence-electron chi connectivity index (χ3n) is 6.95. The van der Waals surface area contributed by atoms with Gasteiger partial charge in [-0.1, -0.05) is 49.2 Å². The van der Waals surface area contributed by atoms with E-state index in [1.165, 1.54) is 69.5 Å². The van der Waals surface area contributed by atoms with Crippen molar-refractivity contribution < 1.29 is 32.1 Å². The van der Waals surface area contributed by atoms with E-state index in [4.69, 9.17) is 16.3 Å². The van der Waals surface area contributed by atoms with Crippen LogP contribution in [0.3, 0.4) is 0 Å². The molecule has 1 atom stereocenters. The van der Waals surface area contributed by atoms with E-state index in [1.54, 1.807) is 6.07 Å². The maximum atomic E-state index is 14.7. The van der Waals surface area contributed by atoms with E-state index in [-0.39, 0.29) is 34.1 Å². The number of carbonyl (C=O) groups excluding carboxylic acids is 2. The molecule has 0 saturated carbocycles. The average molecular weight is 649 g/mol. The molecule has 11 nitrogen and oxygen atoms in total. The second-order valence-corrected chi connectivity index (χ2v) is 12.3. The minimum absolute atomic E-state index is 0.0402. The summed E-state index contributed by atoms with van der Waals surface area (Å²) in [5.74, 6) is -1.93. The van der Waals surface area contributed by atoms with Crippen molar-refractivity contribution in [1.29, 1.82) is 0 Å². The van der Waals surface area contributed by atoms with Gasteiger partial charge in [-0.15, -0.1) is 0 Å². The van der Waals surface area contributed by atoms with Crippen molar-refractivity contribution in [2.45, 2.75) is 51.1 Å². The highest BCUT2D eigenvalue weighted by atomic mass is 35.5. The predicted octanol–water partition coefficient (Wildman–Crippen LogP) is 5.23. The maximum absolute atomic E-state index is 14.7.